The molecule has 0 spiro atoms. The molecule has 0 radical (unpaired) electrons. The number of nitrogens with zero attached hydrogens (tertiary/aromatic N) is 1. The molecule has 0 bridgehead atoms. The van der Waals surface area contributed by atoms with Crippen LogP contribution < -0.4 is 10.6 Å². The number of carbonyl (C=O) groups is 1. The van der Waals surface area contributed by atoms with Gasteiger partial charge in [0.15, 0.2) is 0 Å². The number of aromatic nitrogens is 1. The van der Waals surface area contributed by atoms with E-state index in [1.807, 2.05) is 12.1 Å². The quantitative estimate of drug-likeness (QED) is 0.548. The predicted molar refractivity (Wildman–Crippen MR) is 96.8 cm³/mol. The number of benzene rings is 1. The molecule has 1 heterocycles. The van der Waals surface area contributed by atoms with Crippen LogP contribution in [0.2, 0.25) is 0 Å². The molecule has 1 unspecified atom stereocenters. The number of alkyl halides is 3. The molecular weight excluding hydrogens is 424 g/mol. The first kappa shape index (κ1) is 18.5. The van der Waals surface area contributed by atoms with Gasteiger partial charge >= 0.3 is 0 Å². The first-order valence-corrected chi connectivity index (χ1v) is 8.55. The van der Waals surface area contributed by atoms with Gasteiger partial charge in [-0.3, -0.25) is 15.1 Å². The molecule has 2 aromatic rings. The normalized spacial score (nSPS) is 12.7. The number of hydrogen-bond donors (Lipinski definition) is 2. The van der Waals surface area contributed by atoms with Crippen LogP contribution in [0.5, 0.6) is 0 Å². The molecular formula is C15H13BrCl3N3O. The van der Waals surface area contributed by atoms with E-state index >= 15 is 0 Å². The monoisotopic (exact) mass is 435 g/mol. The van der Waals surface area contributed by atoms with E-state index in [-0.39, 0.29) is 5.91 Å². The third kappa shape index (κ3) is 5.62. The highest BCUT2D eigenvalue weighted by Gasteiger charge is 2.34. The van der Waals surface area contributed by atoms with Gasteiger partial charge in [0.25, 0.3) is 5.91 Å². The van der Waals surface area contributed by atoms with Crippen molar-refractivity contribution in [2.75, 3.05) is 0 Å². The van der Waals surface area contributed by atoms with Crippen molar-refractivity contribution in [1.82, 2.24) is 15.6 Å². The highest BCUT2D eigenvalue weighted by molar-refractivity contribution is 9.10. The molecule has 1 aromatic carbocycles. The fourth-order valence-electron chi connectivity index (χ4n) is 1.83. The molecule has 1 aromatic heterocycles. The predicted octanol–water partition coefficient (Wildman–Crippen LogP) is 4.06. The van der Waals surface area contributed by atoms with Crippen LogP contribution in [0.3, 0.4) is 0 Å². The van der Waals surface area contributed by atoms with Gasteiger partial charge in [0.2, 0.25) is 3.79 Å². The maximum Gasteiger partial charge on any atom is 0.253 e. The lowest BCUT2D eigenvalue weighted by molar-refractivity contribution is 0.0928. The maximum absolute atomic E-state index is 12.4. The summed E-state index contributed by atoms with van der Waals surface area (Å²) >= 11 is 21.2. The van der Waals surface area contributed by atoms with Crippen molar-refractivity contribution < 1.29 is 4.79 Å². The van der Waals surface area contributed by atoms with Crippen LogP contribution in [0.25, 0.3) is 0 Å². The minimum atomic E-state index is -1.71. The molecule has 1 amide bonds. The van der Waals surface area contributed by atoms with Gasteiger partial charge in [0.1, 0.15) is 6.17 Å². The second kappa shape index (κ2) is 8.31. The fraction of sp³-hybridized carbons (Fsp3) is 0.200. The molecule has 8 heteroatoms. The van der Waals surface area contributed by atoms with Gasteiger partial charge in [-0.15, -0.1) is 0 Å². The van der Waals surface area contributed by atoms with Gasteiger partial charge in [-0.1, -0.05) is 53.0 Å². The number of carbonyl (C=O) groups excluding carboxylic acids is 1. The molecule has 122 valence electrons. The van der Waals surface area contributed by atoms with Gasteiger partial charge < -0.3 is 5.32 Å². The summed E-state index contributed by atoms with van der Waals surface area (Å²) in [4.78, 5) is 16.4. The summed E-state index contributed by atoms with van der Waals surface area (Å²) < 4.78 is -1.05. The molecule has 0 aliphatic carbocycles. The molecule has 1 atom stereocenters. The highest BCUT2D eigenvalue weighted by Crippen LogP contribution is 2.29. The van der Waals surface area contributed by atoms with Crippen molar-refractivity contribution in [3.05, 3.63) is 64.4 Å². The molecule has 0 fully saturated rings. The highest BCUT2D eigenvalue weighted by atomic mass is 79.9. The minimum absolute atomic E-state index is 0.354. The number of hydrogen-bond acceptors (Lipinski definition) is 3. The van der Waals surface area contributed by atoms with Crippen LogP contribution in [0, 0.1) is 0 Å². The summed E-state index contributed by atoms with van der Waals surface area (Å²) in [6.07, 6.45) is 2.50. The van der Waals surface area contributed by atoms with Gasteiger partial charge in [-0.2, -0.15) is 0 Å². The van der Waals surface area contributed by atoms with Crippen molar-refractivity contribution in [2.45, 2.75) is 16.5 Å². The van der Waals surface area contributed by atoms with E-state index in [2.05, 4.69) is 31.5 Å². The van der Waals surface area contributed by atoms with Gasteiger partial charge in [0.05, 0.1) is 5.56 Å². The van der Waals surface area contributed by atoms with E-state index in [1.54, 1.807) is 36.7 Å². The largest absolute Gasteiger partial charge is 0.333 e. The molecule has 4 nitrogen and oxygen atoms in total. The van der Waals surface area contributed by atoms with Gasteiger partial charge in [-0.25, -0.2) is 0 Å². The maximum atomic E-state index is 12.4. The lowest BCUT2D eigenvalue weighted by atomic mass is 10.2. The van der Waals surface area contributed by atoms with Crippen molar-refractivity contribution in [1.29, 1.82) is 0 Å². The fourth-order valence-corrected chi connectivity index (χ4v) is 2.69. The Kier molecular flexibility index (Phi) is 6.68. The van der Waals surface area contributed by atoms with Crippen molar-refractivity contribution >= 4 is 56.6 Å². The molecule has 0 aliphatic rings. The Bertz CT molecular complexity index is 665. The number of halogens is 4. The van der Waals surface area contributed by atoms with Crippen molar-refractivity contribution in [3.8, 4) is 0 Å². The van der Waals surface area contributed by atoms with Crippen molar-refractivity contribution in [3.63, 3.8) is 0 Å². The summed E-state index contributed by atoms with van der Waals surface area (Å²) in [5, 5.41) is 5.70. The van der Waals surface area contributed by atoms with Crippen LogP contribution in [0.4, 0.5) is 0 Å². The first-order chi connectivity index (χ1) is 10.9. The lowest BCUT2D eigenvalue weighted by Crippen LogP contribution is -2.53. The third-order valence-corrected chi connectivity index (χ3v) is 4.30. The summed E-state index contributed by atoms with van der Waals surface area (Å²) in [6, 6.07) is 10.7. The third-order valence-electron chi connectivity index (χ3n) is 2.95. The van der Waals surface area contributed by atoms with E-state index in [9.17, 15) is 4.79 Å². The van der Waals surface area contributed by atoms with Crippen LogP contribution in [0.15, 0.2) is 53.3 Å². The standard InChI is InChI=1S/C15H13BrCl3N3O/c16-12-6-2-1-5-11(12)13(23)22-14(15(17,18)19)21-9-10-4-3-7-20-8-10/h1-8,14,21H,9H2,(H,22,23). The topological polar surface area (TPSA) is 54.0 Å². The van der Waals surface area contributed by atoms with Gasteiger partial charge in [-0.05, 0) is 39.7 Å². The molecule has 0 saturated heterocycles. The zero-order valence-electron chi connectivity index (χ0n) is 11.8. The number of pyridine rings is 1. The molecule has 2 rings (SSSR count). The number of nitrogens with one attached hydrogen (secondary N) is 2. The molecule has 2 N–H and O–H groups in total. The summed E-state index contributed by atoms with van der Waals surface area (Å²) in [6.45, 7) is 0.392. The number of rotatable bonds is 5. The minimum Gasteiger partial charge on any atom is -0.333 e. The summed E-state index contributed by atoms with van der Waals surface area (Å²) in [5.74, 6) is -0.354. The Balaban J connectivity index is 2.07. The van der Waals surface area contributed by atoms with Crippen LogP contribution in [-0.2, 0) is 6.54 Å². The Labute approximate surface area is 157 Å². The van der Waals surface area contributed by atoms with E-state index in [0.29, 0.717) is 16.6 Å². The summed E-state index contributed by atoms with van der Waals surface area (Å²) in [7, 11) is 0. The molecule has 0 saturated carbocycles. The zero-order chi connectivity index (χ0) is 16.9. The van der Waals surface area contributed by atoms with E-state index in [1.165, 1.54) is 0 Å². The van der Waals surface area contributed by atoms with Crippen LogP contribution in [0.1, 0.15) is 15.9 Å². The van der Waals surface area contributed by atoms with Crippen LogP contribution in [-0.4, -0.2) is 20.8 Å². The lowest BCUT2D eigenvalue weighted by Gasteiger charge is -2.26. The Morgan fingerprint density at radius 2 is 1.96 bits per heavy atom. The summed E-state index contributed by atoms with van der Waals surface area (Å²) in [5.41, 5.74) is 1.36. The molecule has 23 heavy (non-hydrogen) atoms. The molecule has 0 aliphatic heterocycles. The van der Waals surface area contributed by atoms with Crippen LogP contribution >= 0.6 is 50.7 Å². The number of amides is 1. The van der Waals surface area contributed by atoms with E-state index in [4.69, 9.17) is 34.8 Å². The van der Waals surface area contributed by atoms with Gasteiger partial charge in [0, 0.05) is 23.4 Å². The average molecular weight is 438 g/mol. The smallest absolute Gasteiger partial charge is 0.253 e. The Hall–Kier alpha value is -0.850. The second-order valence-corrected chi connectivity index (χ2v) is 7.89. The second-order valence-electron chi connectivity index (χ2n) is 4.67. The SMILES string of the molecule is O=C(NC(NCc1cccnc1)C(Cl)(Cl)Cl)c1ccccc1Br. The Morgan fingerprint density at radius 1 is 1.22 bits per heavy atom. The van der Waals surface area contributed by atoms with E-state index in [0.717, 1.165) is 5.56 Å². The zero-order valence-corrected chi connectivity index (χ0v) is 15.6. The Morgan fingerprint density at radius 3 is 2.57 bits per heavy atom. The first-order valence-electron chi connectivity index (χ1n) is 6.62. The van der Waals surface area contributed by atoms with E-state index < -0.39 is 9.96 Å². The van der Waals surface area contributed by atoms with Crippen molar-refractivity contribution in [2.24, 2.45) is 0 Å². The average Bonchev–Trinajstić information content (AvgIpc) is 2.51.